The van der Waals surface area contributed by atoms with Crippen LogP contribution in [0.5, 0.6) is 5.75 Å². The van der Waals surface area contributed by atoms with E-state index in [0.29, 0.717) is 17.3 Å². The van der Waals surface area contributed by atoms with Crippen LogP contribution in [0.4, 0.5) is 11.4 Å². The molecule has 0 saturated carbocycles. The van der Waals surface area contributed by atoms with E-state index in [9.17, 15) is 10.1 Å². The van der Waals surface area contributed by atoms with Gasteiger partial charge in [0.15, 0.2) is 0 Å². The lowest BCUT2D eigenvalue weighted by Crippen LogP contribution is -2.04. The van der Waals surface area contributed by atoms with Gasteiger partial charge >= 0.3 is 0 Å². The summed E-state index contributed by atoms with van der Waals surface area (Å²) >= 11 is 5.79. The van der Waals surface area contributed by atoms with Crippen LogP contribution >= 0.6 is 11.6 Å². The second-order valence-corrected chi connectivity index (χ2v) is 5.02. The minimum atomic E-state index is -0.457. The van der Waals surface area contributed by atoms with Crippen molar-refractivity contribution in [2.24, 2.45) is 0 Å². The van der Waals surface area contributed by atoms with E-state index in [0.717, 1.165) is 16.9 Å². The number of aryl methyl sites for hydroxylation is 1. The number of methoxy groups -OCH3 is 1. The van der Waals surface area contributed by atoms with E-state index in [1.54, 1.807) is 19.2 Å². The van der Waals surface area contributed by atoms with Crippen molar-refractivity contribution in [3.05, 3.63) is 62.7 Å². The number of nitrogens with one attached hydrogen (secondary N) is 1. The second kappa shape index (κ2) is 6.45. The molecule has 0 aliphatic carbocycles. The maximum Gasteiger partial charge on any atom is 0.293 e. The molecule has 0 radical (unpaired) electrons. The van der Waals surface area contributed by atoms with Crippen LogP contribution < -0.4 is 10.1 Å². The van der Waals surface area contributed by atoms with E-state index in [-0.39, 0.29) is 5.69 Å². The zero-order chi connectivity index (χ0) is 15.4. The van der Waals surface area contributed by atoms with Gasteiger partial charge < -0.3 is 10.1 Å². The highest BCUT2D eigenvalue weighted by Gasteiger charge is 2.14. The minimum absolute atomic E-state index is 0.0471. The lowest BCUT2D eigenvalue weighted by Gasteiger charge is -2.12. The highest BCUT2D eigenvalue weighted by Crippen LogP contribution is 2.29. The monoisotopic (exact) mass is 306 g/mol. The van der Waals surface area contributed by atoms with E-state index in [1.807, 2.05) is 25.1 Å². The first-order chi connectivity index (χ1) is 10.0. The molecule has 2 rings (SSSR count). The molecule has 5 nitrogen and oxygen atoms in total. The summed E-state index contributed by atoms with van der Waals surface area (Å²) in [6.45, 7) is 2.40. The first kappa shape index (κ1) is 15.1. The van der Waals surface area contributed by atoms with Crippen molar-refractivity contribution in [1.29, 1.82) is 0 Å². The number of nitrogens with zero attached hydrogens (tertiary/aromatic N) is 1. The summed E-state index contributed by atoms with van der Waals surface area (Å²) in [5.74, 6) is 0.740. The van der Waals surface area contributed by atoms with Crippen molar-refractivity contribution in [3.63, 3.8) is 0 Å². The van der Waals surface area contributed by atoms with Gasteiger partial charge in [0.25, 0.3) is 5.69 Å². The predicted octanol–water partition coefficient (Wildman–Crippen LogP) is 4.18. The molecular formula is C15H15ClN2O3. The van der Waals surface area contributed by atoms with Crippen molar-refractivity contribution < 1.29 is 9.66 Å². The minimum Gasteiger partial charge on any atom is -0.496 e. The second-order valence-electron chi connectivity index (χ2n) is 4.59. The number of anilines is 1. The fraction of sp³-hybridized carbons (Fsp3) is 0.200. The normalized spacial score (nSPS) is 10.2. The fourth-order valence-corrected chi connectivity index (χ4v) is 2.21. The van der Waals surface area contributed by atoms with Crippen LogP contribution in [0.25, 0.3) is 0 Å². The van der Waals surface area contributed by atoms with Crippen molar-refractivity contribution in [2.75, 3.05) is 12.4 Å². The van der Waals surface area contributed by atoms with Crippen molar-refractivity contribution >= 4 is 23.0 Å². The fourth-order valence-electron chi connectivity index (χ4n) is 2.04. The topological polar surface area (TPSA) is 64.4 Å². The Balaban J connectivity index is 2.24. The quantitative estimate of drug-likeness (QED) is 0.665. The molecule has 0 aliphatic heterocycles. The van der Waals surface area contributed by atoms with Crippen LogP contribution in [0.3, 0.4) is 0 Å². The van der Waals surface area contributed by atoms with E-state index in [2.05, 4.69) is 5.32 Å². The Kier molecular flexibility index (Phi) is 4.65. The zero-order valence-corrected chi connectivity index (χ0v) is 12.5. The molecule has 0 aliphatic rings. The average Bonchev–Trinajstić information content (AvgIpc) is 2.46. The Morgan fingerprint density at radius 1 is 1.29 bits per heavy atom. The Morgan fingerprint density at radius 2 is 2.05 bits per heavy atom. The molecule has 0 spiro atoms. The van der Waals surface area contributed by atoms with Crippen LogP contribution in [0.15, 0.2) is 36.4 Å². The van der Waals surface area contributed by atoms with Gasteiger partial charge in [-0.1, -0.05) is 29.3 Å². The van der Waals surface area contributed by atoms with Crippen LogP contribution in [0.2, 0.25) is 5.02 Å². The predicted molar refractivity (Wildman–Crippen MR) is 83.2 cm³/mol. The number of rotatable bonds is 5. The molecule has 0 bridgehead atoms. The summed E-state index contributed by atoms with van der Waals surface area (Å²) in [5.41, 5.74) is 2.40. The molecule has 0 amide bonds. The third-order valence-electron chi connectivity index (χ3n) is 3.06. The molecule has 1 N–H and O–H groups in total. The standard InChI is InChI=1S/C15H15ClN2O3/c1-10-3-6-15(21-2)11(7-10)9-17-13-5-4-12(16)8-14(13)18(19)20/h3-8,17H,9H2,1-2H3. The highest BCUT2D eigenvalue weighted by molar-refractivity contribution is 6.30. The summed E-state index contributed by atoms with van der Waals surface area (Å²) in [6.07, 6.45) is 0. The van der Waals surface area contributed by atoms with Crippen molar-refractivity contribution in [3.8, 4) is 5.75 Å². The maximum atomic E-state index is 11.0. The number of nitro benzene ring substituents is 1. The number of nitro groups is 1. The molecule has 0 atom stereocenters. The Bertz CT molecular complexity index is 674. The largest absolute Gasteiger partial charge is 0.496 e. The van der Waals surface area contributed by atoms with Gasteiger partial charge in [0.2, 0.25) is 0 Å². The van der Waals surface area contributed by atoms with E-state index in [4.69, 9.17) is 16.3 Å². The van der Waals surface area contributed by atoms with Gasteiger partial charge in [0.05, 0.1) is 12.0 Å². The van der Waals surface area contributed by atoms with Crippen LogP contribution in [0.1, 0.15) is 11.1 Å². The number of benzene rings is 2. The first-order valence-corrected chi connectivity index (χ1v) is 6.70. The number of halogens is 1. The molecule has 0 heterocycles. The average molecular weight is 307 g/mol. The summed E-state index contributed by atoms with van der Waals surface area (Å²) in [7, 11) is 1.60. The van der Waals surface area contributed by atoms with Gasteiger partial charge in [-0.3, -0.25) is 10.1 Å². The van der Waals surface area contributed by atoms with Crippen molar-refractivity contribution in [2.45, 2.75) is 13.5 Å². The molecule has 0 fully saturated rings. The van der Waals surface area contributed by atoms with Crippen molar-refractivity contribution in [1.82, 2.24) is 0 Å². The smallest absolute Gasteiger partial charge is 0.293 e. The number of ether oxygens (including phenoxy) is 1. The lowest BCUT2D eigenvalue weighted by atomic mass is 10.1. The summed E-state index contributed by atoms with van der Waals surface area (Å²) < 4.78 is 5.29. The molecule has 0 unspecified atom stereocenters. The van der Waals surface area contributed by atoms with E-state index in [1.165, 1.54) is 6.07 Å². The van der Waals surface area contributed by atoms with Gasteiger partial charge in [0.1, 0.15) is 11.4 Å². The SMILES string of the molecule is COc1ccc(C)cc1CNc1ccc(Cl)cc1[N+](=O)[O-]. The number of hydrogen-bond donors (Lipinski definition) is 1. The Morgan fingerprint density at radius 3 is 2.71 bits per heavy atom. The van der Waals surface area contributed by atoms with Gasteiger partial charge in [-0.15, -0.1) is 0 Å². The maximum absolute atomic E-state index is 11.0. The third kappa shape index (κ3) is 3.64. The Hall–Kier alpha value is -2.27. The molecule has 0 saturated heterocycles. The molecule has 21 heavy (non-hydrogen) atoms. The Labute approximate surface area is 127 Å². The third-order valence-corrected chi connectivity index (χ3v) is 3.30. The van der Waals surface area contributed by atoms with E-state index >= 15 is 0 Å². The summed E-state index contributed by atoms with van der Waals surface area (Å²) in [5, 5.41) is 14.4. The molecule has 2 aromatic rings. The van der Waals surface area contributed by atoms with Crippen LogP contribution in [0, 0.1) is 17.0 Å². The van der Waals surface area contributed by atoms with Crippen LogP contribution in [-0.2, 0) is 6.54 Å². The molecule has 0 aromatic heterocycles. The molecule has 6 heteroatoms. The molecular weight excluding hydrogens is 292 g/mol. The summed E-state index contributed by atoms with van der Waals surface area (Å²) in [4.78, 5) is 10.6. The van der Waals surface area contributed by atoms with Gasteiger partial charge in [-0.2, -0.15) is 0 Å². The van der Waals surface area contributed by atoms with E-state index < -0.39 is 4.92 Å². The van der Waals surface area contributed by atoms with Gasteiger partial charge in [-0.05, 0) is 25.1 Å². The lowest BCUT2D eigenvalue weighted by molar-refractivity contribution is -0.383. The highest BCUT2D eigenvalue weighted by atomic mass is 35.5. The first-order valence-electron chi connectivity index (χ1n) is 6.32. The molecule has 110 valence electrons. The molecule has 2 aromatic carbocycles. The number of hydrogen-bond acceptors (Lipinski definition) is 4. The summed E-state index contributed by atoms with van der Waals surface area (Å²) in [6, 6.07) is 10.4. The van der Waals surface area contributed by atoms with Gasteiger partial charge in [-0.25, -0.2) is 0 Å². The van der Waals surface area contributed by atoms with Crippen LogP contribution in [-0.4, -0.2) is 12.0 Å². The zero-order valence-electron chi connectivity index (χ0n) is 11.7. The van der Waals surface area contributed by atoms with Gasteiger partial charge in [0, 0.05) is 23.2 Å².